The van der Waals surface area contributed by atoms with Crippen molar-refractivity contribution in [2.45, 2.75) is 6.54 Å². The highest BCUT2D eigenvalue weighted by atomic mass is 19.1. The number of halogens is 1. The zero-order valence-electron chi connectivity index (χ0n) is 11.6. The molecule has 1 aromatic heterocycles. The van der Waals surface area contributed by atoms with Crippen LogP contribution in [0.4, 0.5) is 4.39 Å². The molecule has 0 unspecified atom stereocenters. The molecule has 108 valence electrons. The summed E-state index contributed by atoms with van der Waals surface area (Å²) in [6, 6.07) is 4.66. The Balaban J connectivity index is 2.04. The van der Waals surface area contributed by atoms with Gasteiger partial charge in [-0.3, -0.25) is 0 Å². The maximum Gasteiger partial charge on any atom is 0.165 e. The smallest absolute Gasteiger partial charge is 0.165 e. The molecule has 1 aromatic carbocycles. The van der Waals surface area contributed by atoms with Crippen molar-refractivity contribution in [2.24, 2.45) is 0 Å². The molecule has 0 saturated heterocycles. The van der Waals surface area contributed by atoms with E-state index in [1.807, 2.05) is 0 Å². The summed E-state index contributed by atoms with van der Waals surface area (Å²) in [7, 11) is 3.10. The summed E-state index contributed by atoms with van der Waals surface area (Å²) in [6.07, 6.45) is 1.75. The monoisotopic (exact) mass is 279 g/mol. The number of methoxy groups -OCH3 is 2. The van der Waals surface area contributed by atoms with Crippen molar-refractivity contribution >= 4 is 0 Å². The van der Waals surface area contributed by atoms with E-state index in [0.717, 1.165) is 17.8 Å². The number of aromatic amines is 1. The molecule has 1 heterocycles. The fourth-order valence-corrected chi connectivity index (χ4v) is 1.80. The van der Waals surface area contributed by atoms with Crippen LogP contribution in [0.3, 0.4) is 0 Å². The van der Waals surface area contributed by atoms with Crippen LogP contribution < -0.4 is 10.1 Å². The lowest BCUT2D eigenvalue weighted by atomic mass is 10.2. The van der Waals surface area contributed by atoms with Gasteiger partial charge in [-0.2, -0.15) is 0 Å². The van der Waals surface area contributed by atoms with Gasteiger partial charge in [0, 0.05) is 37.7 Å². The number of aromatic nitrogens is 2. The van der Waals surface area contributed by atoms with E-state index < -0.39 is 0 Å². The van der Waals surface area contributed by atoms with Gasteiger partial charge < -0.3 is 19.8 Å². The van der Waals surface area contributed by atoms with E-state index in [0.29, 0.717) is 19.0 Å². The van der Waals surface area contributed by atoms with E-state index in [9.17, 15) is 4.39 Å². The minimum atomic E-state index is -0.385. The van der Waals surface area contributed by atoms with Crippen LogP contribution in [0.25, 0.3) is 11.4 Å². The standard InChI is InChI=1S/C14H18FN3O2/c1-19-6-5-16-8-11-9-17-14(18-11)10-3-4-12(15)13(7-10)20-2/h3-4,7,9,16H,5-6,8H2,1-2H3,(H,17,18). The van der Waals surface area contributed by atoms with Crippen LogP contribution in [0.1, 0.15) is 5.69 Å². The Bertz CT molecular complexity index is 557. The third-order valence-corrected chi connectivity index (χ3v) is 2.85. The maximum absolute atomic E-state index is 13.4. The Morgan fingerprint density at radius 2 is 2.20 bits per heavy atom. The molecule has 0 aliphatic rings. The molecule has 2 N–H and O–H groups in total. The fraction of sp³-hybridized carbons (Fsp3) is 0.357. The Morgan fingerprint density at radius 3 is 2.95 bits per heavy atom. The van der Waals surface area contributed by atoms with E-state index in [4.69, 9.17) is 9.47 Å². The molecule has 6 heteroatoms. The molecule has 0 saturated carbocycles. The van der Waals surface area contributed by atoms with Crippen LogP contribution in [-0.4, -0.2) is 37.3 Å². The van der Waals surface area contributed by atoms with E-state index in [1.54, 1.807) is 25.4 Å². The number of rotatable bonds is 7. The lowest BCUT2D eigenvalue weighted by Gasteiger charge is -2.04. The first-order valence-electron chi connectivity index (χ1n) is 6.32. The first-order valence-corrected chi connectivity index (χ1v) is 6.32. The lowest BCUT2D eigenvalue weighted by molar-refractivity contribution is 0.199. The number of nitrogens with one attached hydrogen (secondary N) is 2. The highest BCUT2D eigenvalue weighted by Crippen LogP contribution is 2.24. The van der Waals surface area contributed by atoms with Gasteiger partial charge in [0.2, 0.25) is 0 Å². The zero-order chi connectivity index (χ0) is 14.4. The minimum Gasteiger partial charge on any atom is -0.494 e. The molecule has 0 aliphatic carbocycles. The highest BCUT2D eigenvalue weighted by molar-refractivity contribution is 5.58. The minimum absolute atomic E-state index is 0.207. The van der Waals surface area contributed by atoms with E-state index in [2.05, 4.69) is 15.3 Å². The topological polar surface area (TPSA) is 59.2 Å². The van der Waals surface area contributed by atoms with Gasteiger partial charge in [0.15, 0.2) is 11.6 Å². The second-order valence-electron chi connectivity index (χ2n) is 4.28. The number of H-pyrrole nitrogens is 1. The molecule has 0 spiro atoms. The average Bonchev–Trinajstić information content (AvgIpc) is 2.93. The molecule has 2 aromatic rings. The molecular formula is C14H18FN3O2. The Kier molecular flexibility index (Phi) is 5.09. The van der Waals surface area contributed by atoms with Gasteiger partial charge in [0.25, 0.3) is 0 Å². The number of hydrogen-bond donors (Lipinski definition) is 2. The number of hydrogen-bond acceptors (Lipinski definition) is 4. The van der Waals surface area contributed by atoms with Gasteiger partial charge in [-0.25, -0.2) is 9.37 Å². The van der Waals surface area contributed by atoms with Gasteiger partial charge in [-0.05, 0) is 18.2 Å². The summed E-state index contributed by atoms with van der Waals surface area (Å²) in [5.41, 5.74) is 1.74. The van der Waals surface area contributed by atoms with Crippen LogP contribution in [-0.2, 0) is 11.3 Å². The van der Waals surface area contributed by atoms with Crippen molar-refractivity contribution in [3.8, 4) is 17.1 Å². The van der Waals surface area contributed by atoms with Crippen LogP contribution >= 0.6 is 0 Å². The van der Waals surface area contributed by atoms with E-state index in [1.165, 1.54) is 13.2 Å². The van der Waals surface area contributed by atoms with Gasteiger partial charge in [-0.15, -0.1) is 0 Å². The van der Waals surface area contributed by atoms with Crippen LogP contribution in [0.2, 0.25) is 0 Å². The molecule has 20 heavy (non-hydrogen) atoms. The first-order chi connectivity index (χ1) is 9.74. The van der Waals surface area contributed by atoms with Crippen molar-refractivity contribution in [3.63, 3.8) is 0 Å². The highest BCUT2D eigenvalue weighted by Gasteiger charge is 2.08. The summed E-state index contributed by atoms with van der Waals surface area (Å²) < 4.78 is 23.3. The van der Waals surface area contributed by atoms with Crippen LogP contribution in [0.5, 0.6) is 5.75 Å². The molecule has 0 amide bonds. The third kappa shape index (κ3) is 3.55. The third-order valence-electron chi connectivity index (χ3n) is 2.85. The van der Waals surface area contributed by atoms with E-state index >= 15 is 0 Å². The summed E-state index contributed by atoms with van der Waals surface area (Å²) in [4.78, 5) is 7.47. The molecule has 0 atom stereocenters. The average molecular weight is 279 g/mol. The van der Waals surface area contributed by atoms with Crippen molar-refractivity contribution in [1.29, 1.82) is 0 Å². The van der Waals surface area contributed by atoms with Gasteiger partial charge in [-0.1, -0.05) is 0 Å². The quantitative estimate of drug-likeness (QED) is 0.761. The number of ether oxygens (including phenoxy) is 2. The Morgan fingerprint density at radius 1 is 1.35 bits per heavy atom. The largest absolute Gasteiger partial charge is 0.494 e. The van der Waals surface area contributed by atoms with Crippen LogP contribution in [0.15, 0.2) is 24.4 Å². The van der Waals surface area contributed by atoms with Gasteiger partial charge >= 0.3 is 0 Å². The Hall–Kier alpha value is -1.92. The summed E-state index contributed by atoms with van der Waals surface area (Å²) in [5.74, 6) is 0.509. The van der Waals surface area contributed by atoms with E-state index in [-0.39, 0.29) is 11.6 Å². The van der Waals surface area contributed by atoms with Crippen LogP contribution in [0, 0.1) is 5.82 Å². The molecule has 0 bridgehead atoms. The van der Waals surface area contributed by atoms with Crippen molar-refractivity contribution < 1.29 is 13.9 Å². The summed E-state index contributed by atoms with van der Waals surface area (Å²) in [5, 5.41) is 3.22. The number of benzene rings is 1. The molecule has 0 aliphatic heterocycles. The van der Waals surface area contributed by atoms with Crippen molar-refractivity contribution in [2.75, 3.05) is 27.4 Å². The number of nitrogens with zero attached hydrogens (tertiary/aromatic N) is 1. The molecule has 0 fully saturated rings. The molecule has 2 rings (SSSR count). The van der Waals surface area contributed by atoms with Crippen molar-refractivity contribution in [1.82, 2.24) is 15.3 Å². The first kappa shape index (κ1) is 14.5. The van der Waals surface area contributed by atoms with Crippen molar-refractivity contribution in [3.05, 3.63) is 35.9 Å². The second-order valence-corrected chi connectivity index (χ2v) is 4.28. The summed E-state index contributed by atoms with van der Waals surface area (Å²) >= 11 is 0. The predicted molar refractivity (Wildman–Crippen MR) is 74.1 cm³/mol. The maximum atomic E-state index is 13.4. The zero-order valence-corrected chi connectivity index (χ0v) is 11.6. The van der Waals surface area contributed by atoms with Gasteiger partial charge in [0.1, 0.15) is 5.82 Å². The predicted octanol–water partition coefficient (Wildman–Crippen LogP) is 1.96. The van der Waals surface area contributed by atoms with Gasteiger partial charge in [0.05, 0.1) is 13.7 Å². The normalized spacial score (nSPS) is 10.8. The fourth-order valence-electron chi connectivity index (χ4n) is 1.80. The molecule has 5 nitrogen and oxygen atoms in total. The Labute approximate surface area is 117 Å². The molecule has 0 radical (unpaired) electrons. The SMILES string of the molecule is COCCNCc1cnc(-c2ccc(F)c(OC)c2)[nH]1. The lowest BCUT2D eigenvalue weighted by Crippen LogP contribution is -2.18. The second kappa shape index (κ2) is 7.02. The molecular weight excluding hydrogens is 261 g/mol. The summed E-state index contributed by atoms with van der Waals surface area (Å²) in [6.45, 7) is 2.11. The number of imidazole rings is 1.